The number of phenolic OH excluding ortho intramolecular Hbond substituents is 2. The van der Waals surface area contributed by atoms with Gasteiger partial charge in [-0.25, -0.2) is 4.98 Å². The van der Waals surface area contributed by atoms with Crippen LogP contribution in [0.5, 0.6) is 11.5 Å². The molecule has 0 spiro atoms. The van der Waals surface area contributed by atoms with Crippen molar-refractivity contribution in [1.29, 1.82) is 0 Å². The van der Waals surface area contributed by atoms with Gasteiger partial charge in [0.15, 0.2) is 5.82 Å². The topological polar surface area (TPSA) is 87.7 Å². The zero-order valence-corrected chi connectivity index (χ0v) is 14.1. The molecule has 0 fully saturated rings. The van der Waals surface area contributed by atoms with Gasteiger partial charge in [0.25, 0.3) is 5.56 Å². The van der Waals surface area contributed by atoms with Crippen LogP contribution < -0.4 is 5.56 Å². The molecule has 6 heteroatoms. The van der Waals surface area contributed by atoms with Crippen molar-refractivity contribution in [2.45, 2.75) is 0 Å². The molecule has 4 rings (SSSR count). The minimum Gasteiger partial charge on any atom is -0.508 e. The summed E-state index contributed by atoms with van der Waals surface area (Å²) in [4.78, 5) is 17.6. The van der Waals surface area contributed by atoms with E-state index in [0.29, 0.717) is 22.3 Å². The second-order valence-corrected chi connectivity index (χ2v) is 5.92. The van der Waals surface area contributed by atoms with Crippen molar-refractivity contribution in [2.24, 2.45) is 5.10 Å². The molecule has 6 nitrogen and oxygen atoms in total. The highest BCUT2D eigenvalue weighted by molar-refractivity contribution is 5.84. The van der Waals surface area contributed by atoms with Gasteiger partial charge in [0.1, 0.15) is 11.5 Å². The molecule has 0 saturated heterocycles. The lowest BCUT2D eigenvalue weighted by atomic mass is 10.2. The van der Waals surface area contributed by atoms with Crippen molar-refractivity contribution in [2.75, 3.05) is 0 Å². The summed E-state index contributed by atoms with van der Waals surface area (Å²) in [5, 5.41) is 24.1. The summed E-state index contributed by atoms with van der Waals surface area (Å²) < 4.78 is 1.21. The minimum atomic E-state index is -0.311. The third kappa shape index (κ3) is 3.16. The molecule has 1 heterocycles. The van der Waals surface area contributed by atoms with Crippen molar-refractivity contribution >= 4 is 17.1 Å². The summed E-state index contributed by atoms with van der Waals surface area (Å²) >= 11 is 0. The molecule has 0 bridgehead atoms. The van der Waals surface area contributed by atoms with E-state index >= 15 is 0 Å². The fourth-order valence-electron chi connectivity index (χ4n) is 2.77. The van der Waals surface area contributed by atoms with E-state index in [9.17, 15) is 15.0 Å². The van der Waals surface area contributed by atoms with Gasteiger partial charge in [0.2, 0.25) is 0 Å². The highest BCUT2D eigenvalue weighted by Gasteiger charge is 2.12. The fraction of sp³-hybridized carbons (Fsp3) is 0. The standard InChI is InChI=1S/C21H15N3O3/c25-16-11-10-15(19(26)12-16)13-22-24-20(14-6-2-1-3-7-14)23-18-9-5-4-8-17(18)21(24)27/h1-13,25-26H. The van der Waals surface area contributed by atoms with E-state index in [4.69, 9.17) is 0 Å². The maximum absolute atomic E-state index is 13.0. The fourth-order valence-corrected chi connectivity index (χ4v) is 2.77. The molecule has 4 aromatic rings. The van der Waals surface area contributed by atoms with E-state index in [-0.39, 0.29) is 17.1 Å². The van der Waals surface area contributed by atoms with Crippen LogP contribution in [0.2, 0.25) is 0 Å². The first-order valence-corrected chi connectivity index (χ1v) is 8.27. The molecule has 0 atom stereocenters. The molecule has 0 unspecified atom stereocenters. The summed E-state index contributed by atoms with van der Waals surface area (Å²) in [6.07, 6.45) is 1.36. The van der Waals surface area contributed by atoms with Gasteiger partial charge in [0, 0.05) is 17.2 Å². The summed E-state index contributed by atoms with van der Waals surface area (Å²) in [5.74, 6) is 0.204. The maximum atomic E-state index is 13.0. The van der Waals surface area contributed by atoms with E-state index in [1.54, 1.807) is 18.2 Å². The number of para-hydroxylation sites is 1. The Morgan fingerprint density at radius 1 is 0.926 bits per heavy atom. The molecular formula is C21H15N3O3. The monoisotopic (exact) mass is 357 g/mol. The molecule has 27 heavy (non-hydrogen) atoms. The molecular weight excluding hydrogens is 342 g/mol. The van der Waals surface area contributed by atoms with Crippen molar-refractivity contribution in [3.8, 4) is 22.9 Å². The number of fused-ring (bicyclic) bond motifs is 1. The number of phenols is 2. The highest BCUT2D eigenvalue weighted by Crippen LogP contribution is 2.22. The average Bonchev–Trinajstić information content (AvgIpc) is 2.69. The largest absolute Gasteiger partial charge is 0.508 e. The van der Waals surface area contributed by atoms with Crippen LogP contribution in [0.1, 0.15) is 5.56 Å². The minimum absolute atomic E-state index is 0.0563. The zero-order chi connectivity index (χ0) is 18.8. The SMILES string of the molecule is O=c1c2ccccc2nc(-c2ccccc2)n1N=Cc1ccc(O)cc1O. The van der Waals surface area contributed by atoms with Crippen molar-refractivity contribution in [3.05, 3.63) is 88.7 Å². The number of rotatable bonds is 3. The smallest absolute Gasteiger partial charge is 0.282 e. The molecule has 0 aliphatic heterocycles. The Morgan fingerprint density at radius 3 is 2.44 bits per heavy atom. The van der Waals surface area contributed by atoms with Gasteiger partial charge in [-0.05, 0) is 24.3 Å². The van der Waals surface area contributed by atoms with Gasteiger partial charge in [-0.1, -0.05) is 42.5 Å². The Labute approximate surface area is 154 Å². The number of nitrogens with zero attached hydrogens (tertiary/aromatic N) is 3. The molecule has 0 saturated carbocycles. The number of benzene rings is 3. The van der Waals surface area contributed by atoms with E-state index in [1.807, 2.05) is 36.4 Å². The Kier molecular flexibility index (Phi) is 4.14. The molecule has 0 aliphatic carbocycles. The van der Waals surface area contributed by atoms with Crippen LogP contribution in [0.3, 0.4) is 0 Å². The Balaban J connectivity index is 1.94. The summed E-state index contributed by atoms with van der Waals surface area (Å²) in [6, 6.07) is 20.5. The second-order valence-electron chi connectivity index (χ2n) is 5.92. The third-order valence-electron chi connectivity index (χ3n) is 4.11. The zero-order valence-electron chi connectivity index (χ0n) is 14.1. The van der Waals surface area contributed by atoms with Gasteiger partial charge < -0.3 is 10.2 Å². The van der Waals surface area contributed by atoms with Crippen LogP contribution in [0.15, 0.2) is 82.7 Å². The molecule has 1 aromatic heterocycles. The van der Waals surface area contributed by atoms with Gasteiger partial charge >= 0.3 is 0 Å². The average molecular weight is 357 g/mol. The van der Waals surface area contributed by atoms with Crippen LogP contribution >= 0.6 is 0 Å². The van der Waals surface area contributed by atoms with Crippen molar-refractivity contribution in [1.82, 2.24) is 9.66 Å². The second kappa shape index (κ2) is 6.76. The van der Waals surface area contributed by atoms with E-state index in [2.05, 4.69) is 10.1 Å². The molecule has 2 N–H and O–H groups in total. The number of hydrogen-bond donors (Lipinski definition) is 2. The van der Waals surface area contributed by atoms with E-state index < -0.39 is 0 Å². The lowest BCUT2D eigenvalue weighted by Crippen LogP contribution is -2.20. The van der Waals surface area contributed by atoms with Crippen molar-refractivity contribution in [3.63, 3.8) is 0 Å². The van der Waals surface area contributed by atoms with Gasteiger partial charge in [-0.15, -0.1) is 0 Å². The lowest BCUT2D eigenvalue weighted by Gasteiger charge is -2.09. The van der Waals surface area contributed by atoms with Crippen LogP contribution in [-0.2, 0) is 0 Å². The van der Waals surface area contributed by atoms with Gasteiger partial charge in [0.05, 0.1) is 17.1 Å². The Hall–Kier alpha value is -3.93. The first-order chi connectivity index (χ1) is 13.1. The number of aromatic nitrogens is 2. The number of aromatic hydroxyl groups is 2. The normalized spacial score (nSPS) is 11.3. The Bertz CT molecular complexity index is 1210. The first kappa shape index (κ1) is 16.5. The predicted octanol–water partition coefficient (Wildman–Crippen LogP) is 3.36. The number of hydrogen-bond acceptors (Lipinski definition) is 5. The van der Waals surface area contributed by atoms with Crippen molar-refractivity contribution < 1.29 is 10.2 Å². The first-order valence-electron chi connectivity index (χ1n) is 8.27. The van der Waals surface area contributed by atoms with Crippen LogP contribution in [0.25, 0.3) is 22.3 Å². The highest BCUT2D eigenvalue weighted by atomic mass is 16.3. The molecule has 0 amide bonds. The van der Waals surface area contributed by atoms with Crippen LogP contribution in [0.4, 0.5) is 0 Å². The van der Waals surface area contributed by atoms with Crippen LogP contribution in [-0.4, -0.2) is 26.1 Å². The van der Waals surface area contributed by atoms with Gasteiger partial charge in [-0.3, -0.25) is 4.79 Å². The van der Waals surface area contributed by atoms with Crippen LogP contribution in [0, 0.1) is 0 Å². The third-order valence-corrected chi connectivity index (χ3v) is 4.11. The summed E-state index contributed by atoms with van der Waals surface area (Å²) in [6.45, 7) is 0. The maximum Gasteiger partial charge on any atom is 0.282 e. The van der Waals surface area contributed by atoms with E-state index in [0.717, 1.165) is 5.56 Å². The van der Waals surface area contributed by atoms with E-state index in [1.165, 1.54) is 29.1 Å². The lowest BCUT2D eigenvalue weighted by molar-refractivity contribution is 0.450. The molecule has 0 radical (unpaired) electrons. The summed E-state index contributed by atoms with van der Waals surface area (Å²) in [5.41, 5.74) is 1.38. The predicted molar refractivity (Wildman–Crippen MR) is 104 cm³/mol. The molecule has 3 aromatic carbocycles. The van der Waals surface area contributed by atoms with Gasteiger partial charge in [-0.2, -0.15) is 9.78 Å². The molecule has 0 aliphatic rings. The quantitative estimate of drug-likeness (QED) is 0.550. The Morgan fingerprint density at radius 2 is 1.67 bits per heavy atom. The summed E-state index contributed by atoms with van der Waals surface area (Å²) in [7, 11) is 0. The molecule has 132 valence electrons.